The van der Waals surface area contributed by atoms with Crippen molar-refractivity contribution in [3.05, 3.63) is 0 Å². The van der Waals surface area contributed by atoms with E-state index >= 15 is 0 Å². The summed E-state index contributed by atoms with van der Waals surface area (Å²) in [7, 11) is 0. The quantitative estimate of drug-likeness (QED) is 0.625. The molecule has 1 heterocycles. The molecule has 1 aliphatic heterocycles. The van der Waals surface area contributed by atoms with Gasteiger partial charge in [0.25, 0.3) is 0 Å². The summed E-state index contributed by atoms with van der Waals surface area (Å²) in [5.41, 5.74) is 0. The van der Waals surface area contributed by atoms with E-state index in [0.29, 0.717) is 0 Å². The van der Waals surface area contributed by atoms with Crippen LogP contribution in [0.2, 0.25) is 0 Å². The first-order chi connectivity index (χ1) is 5.82. The standard InChI is InChI=1S/C6H5F3O4/c7-6(8,9)2-1-3(10)13-4(2)5(11)12/h2,4H,1H2,(H,11,12). The summed E-state index contributed by atoms with van der Waals surface area (Å²) in [5, 5.41) is 8.29. The van der Waals surface area contributed by atoms with Gasteiger partial charge in [0.1, 0.15) is 5.92 Å². The van der Waals surface area contributed by atoms with E-state index in [1.165, 1.54) is 0 Å². The zero-order chi connectivity index (χ0) is 10.2. The molecule has 1 saturated heterocycles. The first-order valence-corrected chi connectivity index (χ1v) is 3.31. The van der Waals surface area contributed by atoms with Gasteiger partial charge in [-0.15, -0.1) is 0 Å². The van der Waals surface area contributed by atoms with Crippen LogP contribution in [0.4, 0.5) is 13.2 Å². The second kappa shape index (κ2) is 2.90. The number of cyclic esters (lactones) is 1. The van der Waals surface area contributed by atoms with Crippen LogP contribution in [0.15, 0.2) is 0 Å². The predicted octanol–water partition coefficient (Wildman–Crippen LogP) is 0.565. The van der Waals surface area contributed by atoms with Gasteiger partial charge in [-0.3, -0.25) is 4.79 Å². The number of carboxylic acids is 1. The van der Waals surface area contributed by atoms with Gasteiger partial charge in [0, 0.05) is 0 Å². The minimum atomic E-state index is -4.71. The van der Waals surface area contributed by atoms with Crippen molar-refractivity contribution in [1.29, 1.82) is 0 Å². The van der Waals surface area contributed by atoms with Crippen molar-refractivity contribution >= 4 is 11.9 Å². The number of carbonyl (C=O) groups excluding carboxylic acids is 1. The fraction of sp³-hybridized carbons (Fsp3) is 0.667. The number of rotatable bonds is 1. The molecular formula is C6H5F3O4. The van der Waals surface area contributed by atoms with Crippen molar-refractivity contribution in [3.8, 4) is 0 Å². The molecule has 1 fully saturated rings. The van der Waals surface area contributed by atoms with Gasteiger partial charge in [0.15, 0.2) is 0 Å². The Morgan fingerprint density at radius 1 is 1.54 bits per heavy atom. The summed E-state index contributed by atoms with van der Waals surface area (Å²) in [5.74, 6) is -5.12. The Morgan fingerprint density at radius 2 is 2.08 bits per heavy atom. The SMILES string of the molecule is O=C1CC(C(F)(F)F)C(C(=O)O)O1. The van der Waals surface area contributed by atoms with E-state index in [1.54, 1.807) is 0 Å². The van der Waals surface area contributed by atoms with Crippen molar-refractivity contribution in [3.63, 3.8) is 0 Å². The third-order valence-corrected chi connectivity index (χ3v) is 1.67. The fourth-order valence-corrected chi connectivity index (χ4v) is 1.07. The molecule has 74 valence electrons. The van der Waals surface area contributed by atoms with E-state index in [-0.39, 0.29) is 0 Å². The lowest BCUT2D eigenvalue weighted by Gasteiger charge is -2.15. The maximum Gasteiger partial charge on any atom is 0.396 e. The Kier molecular flexibility index (Phi) is 2.19. The maximum absolute atomic E-state index is 12.0. The van der Waals surface area contributed by atoms with E-state index < -0.39 is 36.6 Å². The monoisotopic (exact) mass is 198 g/mol. The molecule has 4 nitrogen and oxygen atoms in total. The number of hydrogen-bond acceptors (Lipinski definition) is 3. The number of carboxylic acid groups (broad SMARTS) is 1. The minimum Gasteiger partial charge on any atom is -0.478 e. The molecule has 0 aromatic heterocycles. The van der Waals surface area contributed by atoms with E-state index in [0.717, 1.165) is 0 Å². The molecule has 1 aliphatic rings. The number of halogens is 3. The molecule has 0 aromatic carbocycles. The van der Waals surface area contributed by atoms with Gasteiger partial charge in [-0.1, -0.05) is 0 Å². The maximum atomic E-state index is 12.0. The van der Waals surface area contributed by atoms with Crippen LogP contribution in [-0.4, -0.2) is 29.3 Å². The van der Waals surface area contributed by atoms with Crippen molar-refractivity contribution in [2.45, 2.75) is 18.7 Å². The Balaban J connectivity index is 2.84. The topological polar surface area (TPSA) is 63.6 Å². The average molecular weight is 198 g/mol. The first-order valence-electron chi connectivity index (χ1n) is 3.31. The second-order valence-electron chi connectivity index (χ2n) is 2.60. The summed E-state index contributed by atoms with van der Waals surface area (Å²) >= 11 is 0. The zero-order valence-corrected chi connectivity index (χ0v) is 6.17. The highest BCUT2D eigenvalue weighted by atomic mass is 19.4. The van der Waals surface area contributed by atoms with Crippen molar-refractivity contribution < 1.29 is 32.6 Å². The molecule has 0 saturated carbocycles. The average Bonchev–Trinajstić information content (AvgIpc) is 2.29. The summed E-state index contributed by atoms with van der Waals surface area (Å²) < 4.78 is 40.2. The Labute approximate surface area is 70.3 Å². The molecule has 0 spiro atoms. The summed E-state index contributed by atoms with van der Waals surface area (Å²) in [6.07, 6.45) is -7.72. The lowest BCUT2D eigenvalue weighted by Crippen LogP contribution is -2.35. The van der Waals surface area contributed by atoms with E-state index in [1.807, 2.05) is 0 Å². The summed E-state index contributed by atoms with van der Waals surface area (Å²) in [6.45, 7) is 0. The molecule has 1 N–H and O–H groups in total. The molecule has 0 aromatic rings. The van der Waals surface area contributed by atoms with Crippen LogP contribution in [-0.2, 0) is 14.3 Å². The Morgan fingerprint density at radius 3 is 2.38 bits per heavy atom. The summed E-state index contributed by atoms with van der Waals surface area (Å²) in [4.78, 5) is 20.7. The van der Waals surface area contributed by atoms with Crippen LogP contribution < -0.4 is 0 Å². The third kappa shape index (κ3) is 1.90. The van der Waals surface area contributed by atoms with Crippen LogP contribution >= 0.6 is 0 Å². The molecular weight excluding hydrogens is 193 g/mol. The smallest absolute Gasteiger partial charge is 0.396 e. The van der Waals surface area contributed by atoms with Gasteiger partial charge in [-0.25, -0.2) is 4.79 Å². The number of carbonyl (C=O) groups is 2. The van der Waals surface area contributed by atoms with E-state index in [9.17, 15) is 22.8 Å². The van der Waals surface area contributed by atoms with Crippen LogP contribution in [0.25, 0.3) is 0 Å². The van der Waals surface area contributed by atoms with Crippen molar-refractivity contribution in [2.24, 2.45) is 5.92 Å². The number of alkyl halides is 3. The highest BCUT2D eigenvalue weighted by Gasteiger charge is 2.54. The van der Waals surface area contributed by atoms with Crippen LogP contribution in [0.3, 0.4) is 0 Å². The molecule has 2 unspecified atom stereocenters. The van der Waals surface area contributed by atoms with Crippen LogP contribution in [0, 0.1) is 5.92 Å². The first kappa shape index (κ1) is 9.82. The van der Waals surface area contributed by atoms with Gasteiger partial charge in [0.2, 0.25) is 6.10 Å². The fourth-order valence-electron chi connectivity index (χ4n) is 1.07. The van der Waals surface area contributed by atoms with Gasteiger partial charge in [-0.2, -0.15) is 13.2 Å². The number of hydrogen-bond donors (Lipinski definition) is 1. The Bertz CT molecular complexity index is 247. The van der Waals surface area contributed by atoms with Crippen molar-refractivity contribution in [1.82, 2.24) is 0 Å². The normalized spacial score (nSPS) is 28.7. The lowest BCUT2D eigenvalue weighted by molar-refractivity contribution is -0.195. The third-order valence-electron chi connectivity index (χ3n) is 1.67. The lowest BCUT2D eigenvalue weighted by atomic mass is 10.0. The Hall–Kier alpha value is -1.27. The molecule has 13 heavy (non-hydrogen) atoms. The van der Waals surface area contributed by atoms with E-state index in [2.05, 4.69) is 4.74 Å². The number of esters is 1. The predicted molar refractivity (Wildman–Crippen MR) is 31.7 cm³/mol. The van der Waals surface area contributed by atoms with Crippen molar-refractivity contribution in [2.75, 3.05) is 0 Å². The molecule has 0 bridgehead atoms. The molecule has 7 heteroatoms. The number of aliphatic carboxylic acids is 1. The second-order valence-corrected chi connectivity index (χ2v) is 2.60. The van der Waals surface area contributed by atoms with Gasteiger partial charge >= 0.3 is 18.1 Å². The van der Waals surface area contributed by atoms with Gasteiger partial charge < -0.3 is 9.84 Å². The van der Waals surface area contributed by atoms with E-state index in [4.69, 9.17) is 5.11 Å². The summed E-state index contributed by atoms with van der Waals surface area (Å²) in [6, 6.07) is 0. The molecule has 1 rings (SSSR count). The molecule has 0 aliphatic carbocycles. The minimum absolute atomic E-state index is 0.916. The highest BCUT2D eigenvalue weighted by molar-refractivity contribution is 5.82. The zero-order valence-electron chi connectivity index (χ0n) is 6.17. The van der Waals surface area contributed by atoms with Crippen LogP contribution in [0.5, 0.6) is 0 Å². The molecule has 2 atom stereocenters. The van der Waals surface area contributed by atoms with Gasteiger partial charge in [-0.05, 0) is 0 Å². The largest absolute Gasteiger partial charge is 0.478 e. The van der Waals surface area contributed by atoms with Crippen LogP contribution in [0.1, 0.15) is 6.42 Å². The van der Waals surface area contributed by atoms with Gasteiger partial charge in [0.05, 0.1) is 6.42 Å². The highest BCUT2D eigenvalue weighted by Crippen LogP contribution is 2.37. The molecule has 0 amide bonds. The molecule has 0 radical (unpaired) electrons. The number of ether oxygens (including phenoxy) is 1.